The maximum Gasteiger partial charge on any atom is 0.315 e. The summed E-state index contributed by atoms with van der Waals surface area (Å²) in [6, 6.07) is -0.466. The first-order chi connectivity index (χ1) is 6.02. The molecule has 1 fully saturated rings. The summed E-state index contributed by atoms with van der Waals surface area (Å²) in [6.07, 6.45) is 1.33. The van der Waals surface area contributed by atoms with Crippen LogP contribution in [0, 0.1) is 5.92 Å². The largest absolute Gasteiger partial charge is 0.481 e. The van der Waals surface area contributed by atoms with Gasteiger partial charge in [-0.25, -0.2) is 4.79 Å². The highest BCUT2D eigenvalue weighted by molar-refractivity contribution is 5.75. The molecule has 5 nitrogen and oxygen atoms in total. The van der Waals surface area contributed by atoms with E-state index in [1.165, 1.54) is 4.90 Å². The van der Waals surface area contributed by atoms with Crippen molar-refractivity contribution in [3.8, 4) is 0 Å². The molecule has 0 aromatic carbocycles. The van der Waals surface area contributed by atoms with Crippen LogP contribution in [0.1, 0.15) is 19.8 Å². The Bertz CT molecular complexity index is 229. The summed E-state index contributed by atoms with van der Waals surface area (Å²) < 4.78 is 0. The average Bonchev–Trinajstić information content (AvgIpc) is 2.04. The van der Waals surface area contributed by atoms with E-state index in [1.54, 1.807) is 0 Å². The molecule has 13 heavy (non-hydrogen) atoms. The minimum absolute atomic E-state index is 0.0631. The van der Waals surface area contributed by atoms with Gasteiger partial charge < -0.3 is 15.7 Å². The van der Waals surface area contributed by atoms with Crippen molar-refractivity contribution in [2.45, 2.75) is 25.8 Å². The van der Waals surface area contributed by atoms with Gasteiger partial charge in [0.25, 0.3) is 0 Å². The van der Waals surface area contributed by atoms with Crippen LogP contribution in [0.2, 0.25) is 0 Å². The van der Waals surface area contributed by atoms with E-state index in [0.717, 1.165) is 0 Å². The van der Waals surface area contributed by atoms with E-state index in [0.29, 0.717) is 12.8 Å². The number of likely N-dealkylation sites (tertiary alicyclic amines) is 1. The molecule has 0 aromatic heterocycles. The van der Waals surface area contributed by atoms with Gasteiger partial charge in [-0.3, -0.25) is 4.79 Å². The molecular weight excluding hydrogens is 172 g/mol. The number of nitrogens with zero attached hydrogens (tertiary/aromatic N) is 1. The number of carboxylic acid groups (broad SMARTS) is 1. The summed E-state index contributed by atoms with van der Waals surface area (Å²) in [5.41, 5.74) is 5.11. The molecule has 1 aliphatic rings. The summed E-state index contributed by atoms with van der Waals surface area (Å²) in [5.74, 6) is -1.30. The Morgan fingerprint density at radius 3 is 2.54 bits per heavy atom. The number of urea groups is 1. The molecule has 0 saturated carbocycles. The standard InChI is InChI=1S/C8H14N2O3/c1-5-2-3-6(7(11)12)4-10(5)8(9)13/h5-6H,2-4H2,1H3,(H2,9,13)(H,11,12). The molecular formula is C8H14N2O3. The summed E-state index contributed by atoms with van der Waals surface area (Å²) in [6.45, 7) is 2.12. The maximum absolute atomic E-state index is 10.9. The number of rotatable bonds is 1. The highest BCUT2D eigenvalue weighted by atomic mass is 16.4. The second-order valence-electron chi connectivity index (χ2n) is 3.45. The predicted octanol–water partition coefficient (Wildman–Crippen LogP) is 0.250. The molecule has 1 saturated heterocycles. The molecule has 1 rings (SSSR count). The number of piperidine rings is 1. The lowest BCUT2D eigenvalue weighted by atomic mass is 9.94. The maximum atomic E-state index is 10.9. The van der Waals surface area contributed by atoms with Gasteiger partial charge in [0.15, 0.2) is 0 Å². The van der Waals surface area contributed by atoms with E-state index in [-0.39, 0.29) is 12.6 Å². The topological polar surface area (TPSA) is 83.6 Å². The molecule has 2 amide bonds. The molecule has 0 aliphatic carbocycles. The molecule has 5 heteroatoms. The monoisotopic (exact) mass is 186 g/mol. The minimum atomic E-state index is -0.849. The van der Waals surface area contributed by atoms with Crippen LogP contribution in [-0.4, -0.2) is 34.6 Å². The molecule has 1 aliphatic heterocycles. The van der Waals surface area contributed by atoms with E-state index in [2.05, 4.69) is 0 Å². The zero-order valence-corrected chi connectivity index (χ0v) is 7.56. The highest BCUT2D eigenvalue weighted by Crippen LogP contribution is 2.21. The van der Waals surface area contributed by atoms with Gasteiger partial charge in [0.05, 0.1) is 5.92 Å². The minimum Gasteiger partial charge on any atom is -0.481 e. The van der Waals surface area contributed by atoms with Gasteiger partial charge in [0.2, 0.25) is 0 Å². The van der Waals surface area contributed by atoms with Crippen molar-refractivity contribution < 1.29 is 14.7 Å². The third kappa shape index (κ3) is 2.11. The summed E-state index contributed by atoms with van der Waals surface area (Å²) in [5, 5.41) is 8.75. The number of hydrogen-bond acceptors (Lipinski definition) is 2. The number of nitrogens with two attached hydrogens (primary N) is 1. The third-order valence-electron chi connectivity index (χ3n) is 2.51. The Kier molecular flexibility index (Phi) is 2.75. The van der Waals surface area contributed by atoms with Gasteiger partial charge in [0.1, 0.15) is 0 Å². The van der Waals surface area contributed by atoms with Crippen LogP contribution in [-0.2, 0) is 4.79 Å². The Morgan fingerprint density at radius 2 is 2.08 bits per heavy atom. The van der Waals surface area contributed by atoms with Crippen LogP contribution >= 0.6 is 0 Å². The average molecular weight is 186 g/mol. The number of aliphatic carboxylic acids is 1. The van der Waals surface area contributed by atoms with Crippen LogP contribution in [0.25, 0.3) is 0 Å². The number of hydrogen-bond donors (Lipinski definition) is 2. The fraction of sp³-hybridized carbons (Fsp3) is 0.750. The fourth-order valence-corrected chi connectivity index (χ4v) is 1.62. The third-order valence-corrected chi connectivity index (χ3v) is 2.51. The Labute approximate surface area is 76.5 Å². The SMILES string of the molecule is CC1CCC(C(=O)O)CN1C(N)=O. The van der Waals surface area contributed by atoms with Crippen LogP contribution in [0.5, 0.6) is 0 Å². The molecule has 3 N–H and O–H groups in total. The van der Waals surface area contributed by atoms with Crippen LogP contribution in [0.3, 0.4) is 0 Å². The van der Waals surface area contributed by atoms with Crippen molar-refractivity contribution >= 4 is 12.0 Å². The summed E-state index contributed by atoms with van der Waals surface area (Å²) >= 11 is 0. The molecule has 0 aromatic rings. The van der Waals surface area contributed by atoms with Gasteiger partial charge in [-0.2, -0.15) is 0 Å². The number of primary amides is 1. The second-order valence-corrected chi connectivity index (χ2v) is 3.45. The van der Waals surface area contributed by atoms with Crippen molar-refractivity contribution in [2.24, 2.45) is 11.7 Å². The van der Waals surface area contributed by atoms with Crippen molar-refractivity contribution in [3.63, 3.8) is 0 Å². The molecule has 1 heterocycles. The Balaban J connectivity index is 2.63. The number of carbonyl (C=O) groups excluding carboxylic acids is 1. The van der Waals surface area contributed by atoms with Crippen molar-refractivity contribution in [2.75, 3.05) is 6.54 Å². The highest BCUT2D eigenvalue weighted by Gasteiger charge is 2.31. The first-order valence-corrected chi connectivity index (χ1v) is 4.31. The van der Waals surface area contributed by atoms with Gasteiger partial charge in [-0.1, -0.05) is 0 Å². The van der Waals surface area contributed by atoms with E-state index < -0.39 is 17.9 Å². The number of carbonyl (C=O) groups is 2. The van der Waals surface area contributed by atoms with Crippen molar-refractivity contribution in [3.05, 3.63) is 0 Å². The van der Waals surface area contributed by atoms with E-state index in [4.69, 9.17) is 10.8 Å². The molecule has 2 unspecified atom stereocenters. The zero-order valence-electron chi connectivity index (χ0n) is 7.56. The number of carboxylic acids is 1. The van der Waals surface area contributed by atoms with Crippen molar-refractivity contribution in [1.82, 2.24) is 4.90 Å². The molecule has 0 bridgehead atoms. The smallest absolute Gasteiger partial charge is 0.315 e. The second kappa shape index (κ2) is 3.64. The molecule has 2 atom stereocenters. The lowest BCUT2D eigenvalue weighted by Gasteiger charge is -2.35. The Morgan fingerprint density at radius 1 is 1.46 bits per heavy atom. The lowest BCUT2D eigenvalue weighted by molar-refractivity contribution is -0.143. The van der Waals surface area contributed by atoms with E-state index in [1.807, 2.05) is 6.92 Å². The number of amides is 2. The van der Waals surface area contributed by atoms with E-state index in [9.17, 15) is 9.59 Å². The van der Waals surface area contributed by atoms with Crippen LogP contribution in [0.15, 0.2) is 0 Å². The first kappa shape index (κ1) is 9.83. The fourth-order valence-electron chi connectivity index (χ4n) is 1.62. The normalized spacial score (nSPS) is 28.5. The van der Waals surface area contributed by atoms with Gasteiger partial charge in [-0.15, -0.1) is 0 Å². The van der Waals surface area contributed by atoms with Crippen LogP contribution in [0.4, 0.5) is 4.79 Å². The quantitative estimate of drug-likeness (QED) is 0.615. The zero-order chi connectivity index (χ0) is 10.0. The van der Waals surface area contributed by atoms with Gasteiger partial charge in [-0.05, 0) is 19.8 Å². The summed E-state index contributed by atoms with van der Waals surface area (Å²) in [7, 11) is 0. The molecule has 0 spiro atoms. The first-order valence-electron chi connectivity index (χ1n) is 4.31. The molecule has 0 radical (unpaired) electrons. The lowest BCUT2D eigenvalue weighted by Crippen LogP contribution is -2.49. The van der Waals surface area contributed by atoms with Crippen LogP contribution < -0.4 is 5.73 Å². The summed E-state index contributed by atoms with van der Waals surface area (Å²) in [4.78, 5) is 23.0. The molecule has 74 valence electrons. The van der Waals surface area contributed by atoms with Gasteiger partial charge in [0, 0.05) is 12.6 Å². The van der Waals surface area contributed by atoms with Gasteiger partial charge >= 0.3 is 12.0 Å². The predicted molar refractivity (Wildman–Crippen MR) is 46.1 cm³/mol. The van der Waals surface area contributed by atoms with Crippen molar-refractivity contribution in [1.29, 1.82) is 0 Å². The van der Waals surface area contributed by atoms with E-state index >= 15 is 0 Å². The Hall–Kier alpha value is -1.26.